The summed E-state index contributed by atoms with van der Waals surface area (Å²) in [6.45, 7) is 2.11. The molecule has 0 radical (unpaired) electrons. The molecule has 1 aliphatic carbocycles. The molecule has 0 atom stereocenters. The summed E-state index contributed by atoms with van der Waals surface area (Å²) in [5, 5.41) is 12.3. The van der Waals surface area contributed by atoms with Crippen LogP contribution in [0.1, 0.15) is 61.4 Å². The Bertz CT molecular complexity index is 791. The van der Waals surface area contributed by atoms with Crippen molar-refractivity contribution in [3.05, 3.63) is 41.3 Å². The van der Waals surface area contributed by atoms with Gasteiger partial charge in [-0.1, -0.05) is 12.1 Å². The first-order chi connectivity index (χ1) is 13.2. The van der Waals surface area contributed by atoms with Crippen molar-refractivity contribution in [1.82, 2.24) is 15.3 Å². The predicted molar refractivity (Wildman–Crippen MR) is 106 cm³/mol. The second kappa shape index (κ2) is 8.26. The van der Waals surface area contributed by atoms with Crippen molar-refractivity contribution in [3.8, 4) is 11.3 Å². The quantitative estimate of drug-likeness (QED) is 0.749. The van der Waals surface area contributed by atoms with Crippen molar-refractivity contribution in [1.29, 1.82) is 0 Å². The number of hydrogen-bond donors (Lipinski definition) is 3. The summed E-state index contributed by atoms with van der Waals surface area (Å²) >= 11 is 0. The summed E-state index contributed by atoms with van der Waals surface area (Å²) in [4.78, 5) is 19.1. The molecule has 2 heterocycles. The van der Waals surface area contributed by atoms with Crippen molar-refractivity contribution in [2.45, 2.75) is 57.3 Å². The highest BCUT2D eigenvalue weighted by Crippen LogP contribution is 2.37. The van der Waals surface area contributed by atoms with Crippen LogP contribution in [0.5, 0.6) is 0 Å². The van der Waals surface area contributed by atoms with Gasteiger partial charge in [-0.15, -0.1) is 0 Å². The van der Waals surface area contributed by atoms with E-state index in [9.17, 15) is 4.79 Å². The molecule has 1 aliphatic heterocycles. The van der Waals surface area contributed by atoms with Gasteiger partial charge >= 0.3 is 5.97 Å². The average Bonchev–Trinajstić information content (AvgIpc) is 3.06. The normalized spacial score (nSPS) is 22.8. The molecule has 0 saturated heterocycles. The molecule has 0 unspecified atom stereocenters. The smallest absolute Gasteiger partial charge is 0.303 e. The van der Waals surface area contributed by atoms with Crippen LogP contribution >= 0.6 is 0 Å². The van der Waals surface area contributed by atoms with Gasteiger partial charge in [0.2, 0.25) is 0 Å². The van der Waals surface area contributed by atoms with Crippen molar-refractivity contribution in [3.63, 3.8) is 0 Å². The molecule has 0 spiro atoms. The summed E-state index contributed by atoms with van der Waals surface area (Å²) in [6, 6.07) is 6.78. The van der Waals surface area contributed by atoms with E-state index in [0.29, 0.717) is 18.3 Å². The Morgan fingerprint density at radius 1 is 1.11 bits per heavy atom. The fourth-order valence-electron chi connectivity index (χ4n) is 4.58. The number of benzene rings is 1. The number of hydrogen-bond acceptors (Lipinski definition) is 3. The number of H-pyrrole nitrogens is 1. The third kappa shape index (κ3) is 4.41. The molecule has 3 N–H and O–H groups in total. The van der Waals surface area contributed by atoms with Crippen molar-refractivity contribution in [2.24, 2.45) is 5.92 Å². The lowest BCUT2D eigenvalue weighted by Crippen LogP contribution is -2.16. The maximum atomic E-state index is 10.8. The summed E-state index contributed by atoms with van der Waals surface area (Å²) in [5.41, 5.74) is 5.14. The molecule has 1 fully saturated rings. The standard InChI is InChI=1S/C22H29N3O2/c26-21(27)8-3-15-1-4-17(5-2-15)22-24-14-20(25-22)19-7-6-16-9-11-23-12-10-18(16)13-19/h6-7,13-15,17,23H,1-5,8-12H2,(H,24,25)(H,26,27)/t15-,17-. The Hall–Kier alpha value is -2.14. The first-order valence-electron chi connectivity index (χ1n) is 10.3. The van der Waals surface area contributed by atoms with Crippen LogP contribution in [0.25, 0.3) is 11.3 Å². The summed E-state index contributed by atoms with van der Waals surface area (Å²) in [5.74, 6) is 1.46. The number of nitrogens with one attached hydrogen (secondary N) is 2. The highest BCUT2D eigenvalue weighted by molar-refractivity contribution is 5.66. The number of rotatable bonds is 5. The van der Waals surface area contributed by atoms with Crippen LogP contribution in [0.3, 0.4) is 0 Å². The fourth-order valence-corrected chi connectivity index (χ4v) is 4.58. The van der Waals surface area contributed by atoms with E-state index >= 15 is 0 Å². The number of imidazole rings is 1. The molecule has 144 valence electrons. The molecule has 1 aromatic heterocycles. The topological polar surface area (TPSA) is 78.0 Å². The SMILES string of the molecule is O=C(O)CC[C@H]1CC[C@H](c2nc(-c3ccc4c(c3)CCNCC4)c[nH]2)CC1. The van der Waals surface area contributed by atoms with Crippen LogP contribution in [0, 0.1) is 5.92 Å². The van der Waals surface area contributed by atoms with Gasteiger partial charge in [-0.2, -0.15) is 0 Å². The van der Waals surface area contributed by atoms with Crippen molar-refractivity contribution in [2.75, 3.05) is 13.1 Å². The molecule has 1 saturated carbocycles. The van der Waals surface area contributed by atoms with Crippen molar-refractivity contribution >= 4 is 5.97 Å². The molecule has 4 rings (SSSR count). The predicted octanol–water partition coefficient (Wildman–Crippen LogP) is 3.90. The first-order valence-corrected chi connectivity index (χ1v) is 10.3. The van der Waals surface area contributed by atoms with E-state index in [2.05, 4.69) is 28.5 Å². The number of aromatic amines is 1. The molecule has 2 aromatic rings. The van der Waals surface area contributed by atoms with Crippen LogP contribution in [-0.4, -0.2) is 34.1 Å². The van der Waals surface area contributed by atoms with E-state index in [1.54, 1.807) is 0 Å². The molecule has 2 aliphatic rings. The number of carboxylic acids is 1. The number of fused-ring (bicyclic) bond motifs is 1. The minimum atomic E-state index is -0.677. The number of nitrogens with zero attached hydrogens (tertiary/aromatic N) is 1. The number of carboxylic acid groups (broad SMARTS) is 1. The maximum absolute atomic E-state index is 10.8. The van der Waals surface area contributed by atoms with E-state index in [1.807, 2.05) is 6.20 Å². The first kappa shape index (κ1) is 18.2. The van der Waals surface area contributed by atoms with Gasteiger partial charge in [-0.05, 0) is 81.1 Å². The highest BCUT2D eigenvalue weighted by Gasteiger charge is 2.25. The number of aromatic nitrogens is 2. The molecule has 0 bridgehead atoms. The van der Waals surface area contributed by atoms with E-state index in [-0.39, 0.29) is 0 Å². The second-order valence-corrected chi connectivity index (χ2v) is 8.05. The van der Waals surface area contributed by atoms with Gasteiger partial charge in [0.1, 0.15) is 5.82 Å². The molecule has 27 heavy (non-hydrogen) atoms. The Balaban J connectivity index is 1.41. The van der Waals surface area contributed by atoms with Gasteiger partial charge in [0.25, 0.3) is 0 Å². The fraction of sp³-hybridized carbons (Fsp3) is 0.545. The Morgan fingerprint density at radius 2 is 1.89 bits per heavy atom. The number of aliphatic carboxylic acids is 1. The monoisotopic (exact) mass is 367 g/mol. The van der Waals surface area contributed by atoms with Crippen LogP contribution in [0.4, 0.5) is 0 Å². The lowest BCUT2D eigenvalue weighted by atomic mass is 9.80. The number of carbonyl (C=O) groups is 1. The van der Waals surface area contributed by atoms with Crippen molar-refractivity contribution < 1.29 is 9.90 Å². The van der Waals surface area contributed by atoms with E-state index < -0.39 is 5.97 Å². The zero-order valence-electron chi connectivity index (χ0n) is 15.8. The van der Waals surface area contributed by atoms with Gasteiger partial charge < -0.3 is 15.4 Å². The Morgan fingerprint density at radius 3 is 2.67 bits per heavy atom. The van der Waals surface area contributed by atoms with Crippen LogP contribution in [0.15, 0.2) is 24.4 Å². The zero-order valence-corrected chi connectivity index (χ0v) is 15.8. The van der Waals surface area contributed by atoms with E-state index in [4.69, 9.17) is 10.1 Å². The Labute approximate surface area is 160 Å². The van der Waals surface area contributed by atoms with Gasteiger partial charge in [-0.25, -0.2) is 4.98 Å². The molecular weight excluding hydrogens is 338 g/mol. The van der Waals surface area contributed by atoms with Crippen LogP contribution < -0.4 is 5.32 Å². The molecule has 1 aromatic carbocycles. The lowest BCUT2D eigenvalue weighted by molar-refractivity contribution is -0.137. The summed E-state index contributed by atoms with van der Waals surface area (Å²) in [7, 11) is 0. The third-order valence-electron chi connectivity index (χ3n) is 6.24. The zero-order chi connectivity index (χ0) is 18.6. The van der Waals surface area contributed by atoms with Crippen LogP contribution in [0.2, 0.25) is 0 Å². The molecule has 0 amide bonds. The Kier molecular flexibility index (Phi) is 5.58. The van der Waals surface area contributed by atoms with Gasteiger partial charge in [0.05, 0.1) is 5.69 Å². The minimum Gasteiger partial charge on any atom is -0.481 e. The second-order valence-electron chi connectivity index (χ2n) is 8.05. The van der Waals surface area contributed by atoms with Crippen LogP contribution in [-0.2, 0) is 17.6 Å². The van der Waals surface area contributed by atoms with Gasteiger partial charge in [0.15, 0.2) is 0 Å². The minimum absolute atomic E-state index is 0.300. The molecular formula is C22H29N3O2. The van der Waals surface area contributed by atoms with Gasteiger partial charge in [0, 0.05) is 24.1 Å². The van der Waals surface area contributed by atoms with E-state index in [0.717, 1.165) is 69.6 Å². The lowest BCUT2D eigenvalue weighted by Gasteiger charge is -2.26. The maximum Gasteiger partial charge on any atom is 0.303 e. The van der Waals surface area contributed by atoms with Gasteiger partial charge in [-0.3, -0.25) is 4.79 Å². The highest BCUT2D eigenvalue weighted by atomic mass is 16.4. The molecule has 5 heteroatoms. The molecule has 5 nitrogen and oxygen atoms in total. The largest absolute Gasteiger partial charge is 0.481 e. The summed E-state index contributed by atoms with van der Waals surface area (Å²) < 4.78 is 0. The summed E-state index contributed by atoms with van der Waals surface area (Å²) in [6.07, 6.45) is 9.78. The van der Waals surface area contributed by atoms with E-state index in [1.165, 1.54) is 16.7 Å². The third-order valence-corrected chi connectivity index (χ3v) is 6.24. The average molecular weight is 367 g/mol.